The van der Waals surface area contributed by atoms with Crippen LogP contribution in [-0.2, 0) is 4.79 Å². The highest BCUT2D eigenvalue weighted by Gasteiger charge is 2.31. The van der Waals surface area contributed by atoms with Crippen LogP contribution >= 0.6 is 0 Å². The van der Waals surface area contributed by atoms with Gasteiger partial charge in [-0.3, -0.25) is 9.59 Å². The summed E-state index contributed by atoms with van der Waals surface area (Å²) in [7, 11) is 1.57. The van der Waals surface area contributed by atoms with Gasteiger partial charge in [-0.1, -0.05) is 18.6 Å². The Balaban J connectivity index is 1.48. The van der Waals surface area contributed by atoms with E-state index < -0.39 is 18.5 Å². The van der Waals surface area contributed by atoms with E-state index >= 15 is 0 Å². The van der Waals surface area contributed by atoms with Gasteiger partial charge in [0.1, 0.15) is 17.6 Å². The molecule has 7 nitrogen and oxygen atoms in total. The molecule has 2 aromatic rings. The quantitative estimate of drug-likeness (QED) is 0.260. The smallest absolute Gasteiger partial charge is 0.497 e. The Bertz CT molecular complexity index is 1020. The van der Waals surface area contributed by atoms with Crippen molar-refractivity contribution in [3.05, 3.63) is 59.7 Å². The number of alkyl halides is 3. The summed E-state index contributed by atoms with van der Waals surface area (Å²) in [5.74, 6) is 0.136. The molecule has 208 valence electrons. The van der Waals surface area contributed by atoms with Crippen molar-refractivity contribution in [1.29, 1.82) is 0 Å². The number of aliphatic hydroxyl groups excluding tert-OH is 1. The van der Waals surface area contributed by atoms with Crippen LogP contribution in [0.1, 0.15) is 67.0 Å². The molecule has 1 fully saturated rings. The standard InChI is InChI=1S/C28H35F3N2O5/c1-37-22-13-9-20(10-14-22)25(34)7-3-2-4-8-26(35)32-24(19-33-17-5-6-18-33)27(36)21-11-15-23(16-12-21)38-28(29,30)31/h9-16,24,27,36H,2-8,17-19H2,1H3,(H,32,35)/t24-,27?/m1/s1. The van der Waals surface area contributed by atoms with Crippen molar-refractivity contribution in [2.24, 2.45) is 0 Å². The van der Waals surface area contributed by atoms with E-state index in [2.05, 4.69) is 15.0 Å². The number of halogens is 3. The highest BCUT2D eigenvalue weighted by Crippen LogP contribution is 2.26. The molecule has 2 aromatic carbocycles. The number of unbranched alkanes of at least 4 members (excludes halogenated alkanes) is 2. The summed E-state index contributed by atoms with van der Waals surface area (Å²) in [4.78, 5) is 27.2. The summed E-state index contributed by atoms with van der Waals surface area (Å²) in [5.41, 5.74) is 1.02. The molecule has 1 unspecified atom stereocenters. The topological polar surface area (TPSA) is 88.1 Å². The second-order valence-electron chi connectivity index (χ2n) is 9.46. The lowest BCUT2D eigenvalue weighted by molar-refractivity contribution is -0.274. The first-order chi connectivity index (χ1) is 18.1. The first-order valence-corrected chi connectivity index (χ1v) is 12.9. The van der Waals surface area contributed by atoms with Gasteiger partial charge < -0.3 is 24.8 Å². The normalized spacial score (nSPS) is 15.6. The summed E-state index contributed by atoms with van der Waals surface area (Å²) in [6.45, 7) is 2.16. The van der Waals surface area contributed by atoms with Crippen LogP contribution in [0.5, 0.6) is 11.5 Å². The van der Waals surface area contributed by atoms with Gasteiger partial charge in [-0.15, -0.1) is 13.2 Å². The Morgan fingerprint density at radius 3 is 2.16 bits per heavy atom. The van der Waals surface area contributed by atoms with Gasteiger partial charge in [0.2, 0.25) is 5.91 Å². The zero-order valence-electron chi connectivity index (χ0n) is 21.5. The molecule has 0 bridgehead atoms. The molecular weight excluding hydrogens is 501 g/mol. The van der Waals surface area contributed by atoms with Gasteiger partial charge in [0.15, 0.2) is 5.78 Å². The summed E-state index contributed by atoms with van der Waals surface area (Å²) in [6.07, 6.45) is -1.23. The minimum Gasteiger partial charge on any atom is -0.497 e. The van der Waals surface area contributed by atoms with E-state index in [0.29, 0.717) is 49.1 Å². The van der Waals surface area contributed by atoms with Crippen LogP contribution < -0.4 is 14.8 Å². The molecule has 1 heterocycles. The number of amides is 1. The van der Waals surface area contributed by atoms with Gasteiger partial charge in [0, 0.05) is 24.9 Å². The number of likely N-dealkylation sites (tertiary alicyclic amines) is 1. The lowest BCUT2D eigenvalue weighted by Crippen LogP contribution is -2.46. The van der Waals surface area contributed by atoms with Crippen LogP contribution in [0.15, 0.2) is 48.5 Å². The first kappa shape index (κ1) is 29.4. The van der Waals surface area contributed by atoms with Crippen molar-refractivity contribution < 1.29 is 37.3 Å². The monoisotopic (exact) mass is 536 g/mol. The fourth-order valence-electron chi connectivity index (χ4n) is 4.51. The van der Waals surface area contributed by atoms with Crippen LogP contribution in [-0.4, -0.2) is 60.8 Å². The van der Waals surface area contributed by atoms with Crippen molar-refractivity contribution in [3.8, 4) is 11.5 Å². The molecule has 2 atom stereocenters. The number of Topliss-reactive ketones (excluding diaryl/α,β-unsaturated/α-hetero) is 1. The number of methoxy groups -OCH3 is 1. The number of hydrogen-bond acceptors (Lipinski definition) is 6. The molecule has 1 aliphatic heterocycles. The molecule has 38 heavy (non-hydrogen) atoms. The Morgan fingerprint density at radius 2 is 1.55 bits per heavy atom. The molecule has 10 heteroatoms. The average molecular weight is 537 g/mol. The van der Waals surface area contributed by atoms with Gasteiger partial charge in [-0.25, -0.2) is 0 Å². The fourth-order valence-corrected chi connectivity index (χ4v) is 4.51. The summed E-state index contributed by atoms with van der Waals surface area (Å²) in [5, 5.41) is 13.9. The van der Waals surface area contributed by atoms with Crippen molar-refractivity contribution in [1.82, 2.24) is 10.2 Å². The second kappa shape index (κ2) is 14.2. The van der Waals surface area contributed by atoms with Gasteiger partial charge in [0.05, 0.1) is 13.2 Å². The number of nitrogens with one attached hydrogen (secondary N) is 1. The molecule has 1 aliphatic rings. The molecular formula is C28H35F3N2O5. The molecule has 0 spiro atoms. The number of rotatable bonds is 14. The summed E-state index contributed by atoms with van der Waals surface area (Å²) < 4.78 is 46.3. The van der Waals surface area contributed by atoms with Gasteiger partial charge in [-0.05, 0) is 80.7 Å². The fraction of sp³-hybridized carbons (Fsp3) is 0.500. The molecule has 1 saturated heterocycles. The Morgan fingerprint density at radius 1 is 0.947 bits per heavy atom. The van der Waals surface area contributed by atoms with E-state index in [1.807, 2.05) is 0 Å². The van der Waals surface area contributed by atoms with E-state index in [1.54, 1.807) is 31.4 Å². The Kier molecular flexibility index (Phi) is 11.0. The van der Waals surface area contributed by atoms with E-state index in [9.17, 15) is 27.9 Å². The molecule has 2 N–H and O–H groups in total. The Labute approximate surface area is 220 Å². The number of aliphatic hydroxyl groups is 1. The SMILES string of the molecule is COc1ccc(C(=O)CCCCCC(=O)N[C@H](CN2CCCC2)C(O)c2ccc(OC(F)(F)F)cc2)cc1. The molecule has 1 amide bonds. The number of hydrogen-bond donors (Lipinski definition) is 2. The number of nitrogens with zero attached hydrogens (tertiary/aromatic N) is 1. The molecule has 0 aromatic heterocycles. The minimum atomic E-state index is -4.80. The van der Waals surface area contributed by atoms with Gasteiger partial charge >= 0.3 is 6.36 Å². The van der Waals surface area contributed by atoms with Crippen LogP contribution in [0.4, 0.5) is 13.2 Å². The Hall–Kier alpha value is -3.11. The van der Waals surface area contributed by atoms with Gasteiger partial charge in [0.25, 0.3) is 0 Å². The van der Waals surface area contributed by atoms with Crippen molar-refractivity contribution >= 4 is 11.7 Å². The van der Waals surface area contributed by atoms with Crippen molar-refractivity contribution in [2.75, 3.05) is 26.7 Å². The third kappa shape index (κ3) is 9.64. The highest BCUT2D eigenvalue weighted by molar-refractivity contribution is 5.96. The van der Waals surface area contributed by atoms with Crippen LogP contribution in [0.25, 0.3) is 0 Å². The molecule has 3 rings (SSSR count). The summed E-state index contributed by atoms with van der Waals surface area (Å²) >= 11 is 0. The highest BCUT2D eigenvalue weighted by atomic mass is 19.4. The van der Waals surface area contributed by atoms with Crippen LogP contribution in [0.3, 0.4) is 0 Å². The van der Waals surface area contributed by atoms with E-state index in [4.69, 9.17) is 4.74 Å². The number of carbonyl (C=O) groups excluding carboxylic acids is 2. The third-order valence-electron chi connectivity index (χ3n) is 6.56. The predicted molar refractivity (Wildman–Crippen MR) is 136 cm³/mol. The van der Waals surface area contributed by atoms with Crippen molar-refractivity contribution in [2.45, 2.75) is 63.5 Å². The number of ether oxygens (including phenoxy) is 2. The average Bonchev–Trinajstić information content (AvgIpc) is 3.40. The maximum absolute atomic E-state index is 12.7. The number of ketones is 1. The van der Waals surface area contributed by atoms with Gasteiger partial charge in [-0.2, -0.15) is 0 Å². The maximum atomic E-state index is 12.7. The van der Waals surface area contributed by atoms with E-state index in [0.717, 1.165) is 38.1 Å². The summed E-state index contributed by atoms with van der Waals surface area (Å²) in [6, 6.07) is 11.4. The lowest BCUT2D eigenvalue weighted by Gasteiger charge is -2.29. The largest absolute Gasteiger partial charge is 0.573 e. The van der Waals surface area contributed by atoms with Crippen LogP contribution in [0, 0.1) is 0 Å². The maximum Gasteiger partial charge on any atom is 0.573 e. The molecule has 0 aliphatic carbocycles. The number of carbonyl (C=O) groups is 2. The lowest BCUT2D eigenvalue weighted by atomic mass is 10.0. The second-order valence-corrected chi connectivity index (χ2v) is 9.46. The predicted octanol–water partition coefficient (Wildman–Crippen LogP) is 5.04. The van der Waals surface area contributed by atoms with Crippen LogP contribution in [0.2, 0.25) is 0 Å². The first-order valence-electron chi connectivity index (χ1n) is 12.9. The molecule has 0 saturated carbocycles. The number of benzene rings is 2. The van der Waals surface area contributed by atoms with E-state index in [1.165, 1.54) is 12.1 Å². The van der Waals surface area contributed by atoms with E-state index in [-0.39, 0.29) is 23.9 Å². The zero-order chi connectivity index (χ0) is 27.5. The minimum absolute atomic E-state index is 0.0394. The third-order valence-corrected chi connectivity index (χ3v) is 6.56. The zero-order valence-corrected chi connectivity index (χ0v) is 21.5. The molecule has 0 radical (unpaired) electrons. The van der Waals surface area contributed by atoms with Crippen molar-refractivity contribution in [3.63, 3.8) is 0 Å².